The standard InChI is InChI=1S/C10H17N3O4/c1-3-7(6-14)13-8(4-5-17-2)9(10(15)16)11-12-13/h7,14H,3-6H2,1-2H3,(H,15,16). The van der Waals surface area contributed by atoms with Gasteiger partial charge in [-0.3, -0.25) is 0 Å². The fourth-order valence-electron chi connectivity index (χ4n) is 1.58. The first-order chi connectivity index (χ1) is 8.15. The van der Waals surface area contributed by atoms with Gasteiger partial charge in [-0.1, -0.05) is 12.1 Å². The number of carboxylic acids is 1. The van der Waals surface area contributed by atoms with E-state index >= 15 is 0 Å². The summed E-state index contributed by atoms with van der Waals surface area (Å²) in [6, 6.07) is -0.248. The lowest BCUT2D eigenvalue weighted by Crippen LogP contribution is -2.18. The van der Waals surface area contributed by atoms with Crippen LogP contribution in [0.15, 0.2) is 0 Å². The summed E-state index contributed by atoms with van der Waals surface area (Å²) in [7, 11) is 1.54. The smallest absolute Gasteiger partial charge is 0.358 e. The average molecular weight is 243 g/mol. The number of carboxylic acid groups (broad SMARTS) is 1. The second-order valence-corrected chi connectivity index (χ2v) is 3.62. The van der Waals surface area contributed by atoms with Gasteiger partial charge in [0.2, 0.25) is 0 Å². The summed E-state index contributed by atoms with van der Waals surface area (Å²) in [6.07, 6.45) is 1.06. The Morgan fingerprint density at radius 1 is 1.59 bits per heavy atom. The van der Waals surface area contributed by atoms with Crippen molar-refractivity contribution in [1.82, 2.24) is 15.0 Å². The fourth-order valence-corrected chi connectivity index (χ4v) is 1.58. The molecule has 0 amide bonds. The van der Waals surface area contributed by atoms with Crippen molar-refractivity contribution in [2.75, 3.05) is 20.3 Å². The maximum absolute atomic E-state index is 11.0. The number of aromatic nitrogens is 3. The average Bonchev–Trinajstić information content (AvgIpc) is 2.72. The lowest BCUT2D eigenvalue weighted by atomic mass is 10.2. The van der Waals surface area contributed by atoms with E-state index in [4.69, 9.17) is 9.84 Å². The van der Waals surface area contributed by atoms with Crippen LogP contribution in [-0.2, 0) is 11.2 Å². The number of ether oxygens (including phenoxy) is 1. The van der Waals surface area contributed by atoms with E-state index in [1.54, 1.807) is 0 Å². The number of carbonyl (C=O) groups is 1. The molecule has 17 heavy (non-hydrogen) atoms. The Morgan fingerprint density at radius 3 is 2.76 bits per heavy atom. The van der Waals surface area contributed by atoms with Crippen molar-refractivity contribution in [3.05, 3.63) is 11.4 Å². The molecule has 0 saturated carbocycles. The van der Waals surface area contributed by atoms with Gasteiger partial charge < -0.3 is 14.9 Å². The molecule has 1 rings (SSSR count). The van der Waals surface area contributed by atoms with Crippen LogP contribution >= 0.6 is 0 Å². The lowest BCUT2D eigenvalue weighted by Gasteiger charge is -2.14. The van der Waals surface area contributed by atoms with Crippen LogP contribution in [-0.4, -0.2) is 51.5 Å². The highest BCUT2D eigenvalue weighted by Crippen LogP contribution is 2.15. The zero-order valence-electron chi connectivity index (χ0n) is 9.96. The minimum atomic E-state index is -1.12. The normalized spacial score (nSPS) is 12.6. The molecule has 1 aromatic heterocycles. The van der Waals surface area contributed by atoms with Crippen molar-refractivity contribution in [3.8, 4) is 0 Å². The van der Waals surface area contributed by atoms with Crippen molar-refractivity contribution in [2.24, 2.45) is 0 Å². The summed E-state index contributed by atoms with van der Waals surface area (Å²) in [5, 5.41) is 25.6. The van der Waals surface area contributed by atoms with E-state index in [9.17, 15) is 9.90 Å². The van der Waals surface area contributed by atoms with Gasteiger partial charge in [-0.05, 0) is 6.42 Å². The van der Waals surface area contributed by atoms with Crippen molar-refractivity contribution in [3.63, 3.8) is 0 Å². The molecule has 0 aliphatic rings. The first kappa shape index (κ1) is 13.6. The predicted octanol–water partition coefficient (Wildman–Crippen LogP) is 0.109. The lowest BCUT2D eigenvalue weighted by molar-refractivity contribution is 0.0688. The molecule has 0 saturated heterocycles. The maximum atomic E-state index is 11.0. The Kier molecular flexibility index (Phi) is 5.05. The van der Waals surface area contributed by atoms with Gasteiger partial charge in [0.05, 0.1) is 24.9 Å². The highest BCUT2D eigenvalue weighted by molar-refractivity contribution is 5.86. The van der Waals surface area contributed by atoms with Gasteiger partial charge in [-0.2, -0.15) is 0 Å². The molecule has 0 aliphatic heterocycles. The van der Waals surface area contributed by atoms with Gasteiger partial charge in [0, 0.05) is 13.5 Å². The van der Waals surface area contributed by atoms with Gasteiger partial charge in [-0.25, -0.2) is 9.48 Å². The summed E-state index contributed by atoms with van der Waals surface area (Å²) >= 11 is 0. The topological polar surface area (TPSA) is 97.5 Å². The first-order valence-corrected chi connectivity index (χ1v) is 5.42. The van der Waals surface area contributed by atoms with Gasteiger partial charge in [0.15, 0.2) is 5.69 Å². The number of aliphatic hydroxyl groups excluding tert-OH is 1. The van der Waals surface area contributed by atoms with Crippen molar-refractivity contribution >= 4 is 5.97 Å². The molecule has 0 spiro atoms. The number of methoxy groups -OCH3 is 1. The van der Waals surface area contributed by atoms with E-state index in [2.05, 4.69) is 10.3 Å². The Bertz CT molecular complexity index is 374. The molecular formula is C10H17N3O4. The van der Waals surface area contributed by atoms with Crippen LogP contribution in [0.5, 0.6) is 0 Å². The summed E-state index contributed by atoms with van der Waals surface area (Å²) < 4.78 is 6.40. The van der Waals surface area contributed by atoms with E-state index in [0.717, 1.165) is 0 Å². The van der Waals surface area contributed by atoms with Crippen LogP contribution < -0.4 is 0 Å². The van der Waals surface area contributed by atoms with E-state index in [0.29, 0.717) is 25.1 Å². The fraction of sp³-hybridized carbons (Fsp3) is 0.700. The summed E-state index contributed by atoms with van der Waals surface area (Å²) in [5.74, 6) is -1.12. The van der Waals surface area contributed by atoms with Crippen molar-refractivity contribution in [1.29, 1.82) is 0 Å². The van der Waals surface area contributed by atoms with Crippen LogP contribution in [0, 0.1) is 0 Å². The highest BCUT2D eigenvalue weighted by Gasteiger charge is 2.22. The molecule has 7 heteroatoms. The van der Waals surface area contributed by atoms with E-state index in [1.165, 1.54) is 11.8 Å². The third kappa shape index (κ3) is 3.01. The van der Waals surface area contributed by atoms with E-state index in [-0.39, 0.29) is 18.3 Å². The summed E-state index contributed by atoms with van der Waals surface area (Å²) in [6.45, 7) is 2.18. The molecule has 2 N–H and O–H groups in total. The van der Waals surface area contributed by atoms with Crippen molar-refractivity contribution < 1.29 is 19.7 Å². The van der Waals surface area contributed by atoms with Crippen LogP contribution in [0.2, 0.25) is 0 Å². The molecule has 1 atom stereocenters. The Hall–Kier alpha value is -1.47. The monoisotopic (exact) mass is 243 g/mol. The molecule has 0 radical (unpaired) electrons. The molecule has 0 aliphatic carbocycles. The van der Waals surface area contributed by atoms with Gasteiger partial charge in [0.1, 0.15) is 0 Å². The van der Waals surface area contributed by atoms with Crippen LogP contribution in [0.4, 0.5) is 0 Å². The summed E-state index contributed by atoms with van der Waals surface area (Å²) in [5.41, 5.74) is 0.411. The molecule has 1 heterocycles. The number of aromatic carboxylic acids is 1. The van der Waals surface area contributed by atoms with Crippen molar-refractivity contribution in [2.45, 2.75) is 25.8 Å². The molecule has 0 aromatic carbocycles. The second-order valence-electron chi connectivity index (χ2n) is 3.62. The highest BCUT2D eigenvalue weighted by atomic mass is 16.5. The Labute approximate surface area is 99.0 Å². The summed E-state index contributed by atoms with van der Waals surface area (Å²) in [4.78, 5) is 11.0. The number of aliphatic hydroxyl groups is 1. The third-order valence-electron chi connectivity index (χ3n) is 2.56. The molecule has 1 unspecified atom stereocenters. The molecular weight excluding hydrogens is 226 g/mol. The first-order valence-electron chi connectivity index (χ1n) is 5.42. The molecule has 96 valence electrons. The minimum Gasteiger partial charge on any atom is -0.476 e. The number of nitrogens with zero attached hydrogens (tertiary/aromatic N) is 3. The quantitative estimate of drug-likeness (QED) is 0.705. The van der Waals surface area contributed by atoms with Gasteiger partial charge in [0.25, 0.3) is 0 Å². The Balaban J connectivity index is 3.07. The largest absolute Gasteiger partial charge is 0.476 e. The van der Waals surface area contributed by atoms with Crippen LogP contribution in [0.1, 0.15) is 35.6 Å². The molecule has 0 bridgehead atoms. The zero-order chi connectivity index (χ0) is 12.8. The van der Waals surface area contributed by atoms with Crippen LogP contribution in [0.3, 0.4) is 0 Å². The van der Waals surface area contributed by atoms with Crippen LogP contribution in [0.25, 0.3) is 0 Å². The maximum Gasteiger partial charge on any atom is 0.358 e. The zero-order valence-corrected chi connectivity index (χ0v) is 9.96. The second kappa shape index (κ2) is 6.31. The molecule has 0 fully saturated rings. The molecule has 7 nitrogen and oxygen atoms in total. The van der Waals surface area contributed by atoms with Gasteiger partial charge >= 0.3 is 5.97 Å². The predicted molar refractivity (Wildman–Crippen MR) is 59.0 cm³/mol. The van der Waals surface area contributed by atoms with Gasteiger partial charge in [-0.15, -0.1) is 5.10 Å². The number of rotatable bonds is 7. The SMILES string of the molecule is CCC(CO)n1nnc(C(=O)O)c1CCOC. The molecule has 1 aromatic rings. The number of hydrogen-bond donors (Lipinski definition) is 2. The third-order valence-corrected chi connectivity index (χ3v) is 2.56. The van der Waals surface area contributed by atoms with E-state index in [1.807, 2.05) is 6.92 Å². The van der Waals surface area contributed by atoms with E-state index < -0.39 is 5.97 Å². The minimum absolute atomic E-state index is 0.0750. The number of hydrogen-bond acceptors (Lipinski definition) is 5. The Morgan fingerprint density at radius 2 is 2.29 bits per heavy atom.